The Kier molecular flexibility index (Phi) is 3.67. The van der Waals surface area contributed by atoms with Crippen LogP contribution in [0, 0.1) is 0 Å². The number of hydrogen-bond acceptors (Lipinski definition) is 3. The lowest BCUT2D eigenvalue weighted by Crippen LogP contribution is -2.12. The van der Waals surface area contributed by atoms with Crippen molar-refractivity contribution < 1.29 is 13.9 Å². The zero-order valence-electron chi connectivity index (χ0n) is 10.4. The van der Waals surface area contributed by atoms with E-state index in [9.17, 15) is 4.79 Å². The number of aryl methyl sites for hydroxylation is 1. The van der Waals surface area contributed by atoms with Gasteiger partial charge in [0.15, 0.2) is 5.76 Å². The molecule has 1 aromatic carbocycles. The highest BCUT2D eigenvalue weighted by Gasteiger charge is 2.12. The van der Waals surface area contributed by atoms with E-state index in [1.165, 1.54) is 6.26 Å². The second kappa shape index (κ2) is 5.40. The summed E-state index contributed by atoms with van der Waals surface area (Å²) in [7, 11) is 1.57. The number of anilines is 1. The van der Waals surface area contributed by atoms with Crippen molar-refractivity contribution in [2.24, 2.45) is 0 Å². The monoisotopic (exact) mass is 245 g/mol. The number of methoxy groups -OCH3 is 1. The van der Waals surface area contributed by atoms with Crippen LogP contribution in [0.4, 0.5) is 5.69 Å². The summed E-state index contributed by atoms with van der Waals surface area (Å²) in [5.41, 5.74) is 1.78. The van der Waals surface area contributed by atoms with E-state index in [0.29, 0.717) is 11.4 Å². The third kappa shape index (κ3) is 2.53. The van der Waals surface area contributed by atoms with Gasteiger partial charge in [0.2, 0.25) is 0 Å². The first-order valence-electron chi connectivity index (χ1n) is 5.76. The van der Waals surface area contributed by atoms with Crippen molar-refractivity contribution >= 4 is 11.6 Å². The largest absolute Gasteiger partial charge is 0.495 e. The lowest BCUT2D eigenvalue weighted by molar-refractivity contribution is 0.0996. The maximum Gasteiger partial charge on any atom is 0.291 e. The number of furan rings is 1. The molecule has 0 saturated carbocycles. The number of benzene rings is 1. The van der Waals surface area contributed by atoms with Crippen molar-refractivity contribution in [3.8, 4) is 5.75 Å². The molecule has 0 atom stereocenters. The Morgan fingerprint density at radius 3 is 2.83 bits per heavy atom. The standard InChI is InChI=1S/C14H15NO3/c1-3-10-6-7-12(17-2)11(9-10)15-14(16)13-5-4-8-18-13/h4-9H,3H2,1-2H3,(H,15,16). The van der Waals surface area contributed by atoms with Crippen molar-refractivity contribution in [1.82, 2.24) is 0 Å². The molecule has 1 heterocycles. The van der Waals surface area contributed by atoms with Crippen LogP contribution in [0.15, 0.2) is 41.0 Å². The number of hydrogen-bond donors (Lipinski definition) is 1. The van der Waals surface area contributed by atoms with Gasteiger partial charge in [-0.1, -0.05) is 13.0 Å². The molecule has 0 spiro atoms. The average Bonchev–Trinajstić information content (AvgIpc) is 2.92. The fourth-order valence-corrected chi connectivity index (χ4v) is 1.66. The summed E-state index contributed by atoms with van der Waals surface area (Å²) in [6.45, 7) is 2.06. The molecule has 94 valence electrons. The number of rotatable bonds is 4. The quantitative estimate of drug-likeness (QED) is 0.900. The van der Waals surface area contributed by atoms with E-state index in [-0.39, 0.29) is 11.7 Å². The fraction of sp³-hybridized carbons (Fsp3) is 0.214. The minimum atomic E-state index is -0.286. The van der Waals surface area contributed by atoms with Crippen LogP contribution in [0.1, 0.15) is 23.0 Å². The van der Waals surface area contributed by atoms with Gasteiger partial charge in [-0.05, 0) is 36.2 Å². The van der Waals surface area contributed by atoms with Crippen LogP contribution in [0.2, 0.25) is 0 Å². The third-order valence-corrected chi connectivity index (χ3v) is 2.67. The van der Waals surface area contributed by atoms with Gasteiger partial charge in [0.1, 0.15) is 5.75 Å². The molecule has 0 aliphatic rings. The van der Waals surface area contributed by atoms with Crippen molar-refractivity contribution in [2.45, 2.75) is 13.3 Å². The van der Waals surface area contributed by atoms with Crippen LogP contribution >= 0.6 is 0 Å². The predicted octanol–water partition coefficient (Wildman–Crippen LogP) is 3.10. The molecule has 0 bridgehead atoms. The average molecular weight is 245 g/mol. The van der Waals surface area contributed by atoms with E-state index in [0.717, 1.165) is 12.0 Å². The Morgan fingerprint density at radius 2 is 2.22 bits per heavy atom. The maximum absolute atomic E-state index is 11.9. The molecule has 0 unspecified atom stereocenters. The van der Waals surface area contributed by atoms with Gasteiger partial charge in [-0.3, -0.25) is 4.79 Å². The Labute approximate surface area is 106 Å². The predicted molar refractivity (Wildman–Crippen MR) is 69.0 cm³/mol. The van der Waals surface area contributed by atoms with E-state index in [1.54, 1.807) is 19.2 Å². The second-order valence-electron chi connectivity index (χ2n) is 3.82. The molecule has 2 rings (SSSR count). The highest BCUT2D eigenvalue weighted by Crippen LogP contribution is 2.26. The van der Waals surface area contributed by atoms with E-state index in [2.05, 4.69) is 12.2 Å². The summed E-state index contributed by atoms with van der Waals surface area (Å²) in [4.78, 5) is 11.9. The molecule has 0 saturated heterocycles. The van der Waals surface area contributed by atoms with E-state index in [4.69, 9.17) is 9.15 Å². The Morgan fingerprint density at radius 1 is 1.39 bits per heavy atom. The van der Waals surface area contributed by atoms with E-state index < -0.39 is 0 Å². The number of carbonyl (C=O) groups is 1. The molecule has 1 amide bonds. The van der Waals surface area contributed by atoms with Crippen molar-refractivity contribution in [3.63, 3.8) is 0 Å². The second-order valence-corrected chi connectivity index (χ2v) is 3.82. The van der Waals surface area contributed by atoms with Crippen LogP contribution in [-0.2, 0) is 6.42 Å². The van der Waals surface area contributed by atoms with Gasteiger partial charge in [0.25, 0.3) is 5.91 Å². The van der Waals surface area contributed by atoms with E-state index >= 15 is 0 Å². The first kappa shape index (κ1) is 12.2. The molecule has 0 aliphatic carbocycles. The molecule has 4 heteroatoms. The topological polar surface area (TPSA) is 51.5 Å². The van der Waals surface area contributed by atoms with Crippen molar-refractivity contribution in [3.05, 3.63) is 47.9 Å². The molecule has 1 aromatic heterocycles. The minimum absolute atomic E-state index is 0.277. The summed E-state index contributed by atoms with van der Waals surface area (Å²) >= 11 is 0. The summed E-state index contributed by atoms with van der Waals surface area (Å²) < 4.78 is 10.3. The zero-order chi connectivity index (χ0) is 13.0. The van der Waals surface area contributed by atoms with E-state index in [1.807, 2.05) is 18.2 Å². The summed E-state index contributed by atoms with van der Waals surface area (Å²) in [5.74, 6) is 0.623. The number of nitrogens with one attached hydrogen (secondary N) is 1. The lowest BCUT2D eigenvalue weighted by Gasteiger charge is -2.10. The first-order chi connectivity index (χ1) is 8.74. The van der Waals surface area contributed by atoms with Gasteiger partial charge in [-0.25, -0.2) is 0 Å². The molecule has 0 aliphatic heterocycles. The zero-order valence-corrected chi connectivity index (χ0v) is 10.4. The van der Waals surface area contributed by atoms with Crippen molar-refractivity contribution in [2.75, 3.05) is 12.4 Å². The van der Waals surface area contributed by atoms with Crippen LogP contribution in [0.5, 0.6) is 5.75 Å². The maximum atomic E-state index is 11.9. The Bertz CT molecular complexity index is 532. The van der Waals surface area contributed by atoms with Crippen LogP contribution in [0.25, 0.3) is 0 Å². The molecular formula is C14H15NO3. The van der Waals surface area contributed by atoms with Crippen molar-refractivity contribution in [1.29, 1.82) is 0 Å². The Hall–Kier alpha value is -2.23. The summed E-state index contributed by atoms with van der Waals surface area (Å²) in [6, 6.07) is 9.01. The number of ether oxygens (including phenoxy) is 1. The van der Waals surface area contributed by atoms with Gasteiger partial charge < -0.3 is 14.5 Å². The molecular weight excluding hydrogens is 230 g/mol. The minimum Gasteiger partial charge on any atom is -0.495 e. The molecule has 1 N–H and O–H groups in total. The van der Waals surface area contributed by atoms with Crippen LogP contribution in [0.3, 0.4) is 0 Å². The molecule has 2 aromatic rings. The summed E-state index contributed by atoms with van der Waals surface area (Å²) in [6.07, 6.45) is 2.36. The van der Waals surface area contributed by atoms with Gasteiger partial charge in [-0.2, -0.15) is 0 Å². The Balaban J connectivity index is 2.24. The van der Waals surface area contributed by atoms with Crippen LogP contribution < -0.4 is 10.1 Å². The SMILES string of the molecule is CCc1ccc(OC)c(NC(=O)c2ccco2)c1. The van der Waals surface area contributed by atoms with Crippen LogP contribution in [-0.4, -0.2) is 13.0 Å². The fourth-order valence-electron chi connectivity index (χ4n) is 1.66. The summed E-state index contributed by atoms with van der Waals surface area (Å²) in [5, 5.41) is 2.78. The highest BCUT2D eigenvalue weighted by atomic mass is 16.5. The molecule has 18 heavy (non-hydrogen) atoms. The van der Waals surface area contributed by atoms with Gasteiger partial charge in [-0.15, -0.1) is 0 Å². The lowest BCUT2D eigenvalue weighted by atomic mass is 10.1. The molecule has 0 fully saturated rings. The van der Waals surface area contributed by atoms with Gasteiger partial charge in [0.05, 0.1) is 19.1 Å². The molecule has 4 nitrogen and oxygen atoms in total. The van der Waals surface area contributed by atoms with Gasteiger partial charge in [0, 0.05) is 0 Å². The molecule has 0 radical (unpaired) electrons. The smallest absolute Gasteiger partial charge is 0.291 e. The first-order valence-corrected chi connectivity index (χ1v) is 5.76. The normalized spacial score (nSPS) is 10.1. The van der Waals surface area contributed by atoms with Gasteiger partial charge >= 0.3 is 0 Å². The number of carbonyl (C=O) groups excluding carboxylic acids is 1. The highest BCUT2D eigenvalue weighted by molar-refractivity contribution is 6.03. The number of amides is 1. The third-order valence-electron chi connectivity index (χ3n) is 2.67.